The Morgan fingerprint density at radius 3 is 2.75 bits per heavy atom. The Kier molecular flexibility index (Phi) is 4.36. The number of benzene rings is 1. The molecule has 3 heterocycles. The number of phenolic OH excluding ortho intramolecular Hbond substituents is 1. The van der Waals surface area contributed by atoms with Crippen molar-refractivity contribution in [1.29, 1.82) is 0 Å². The highest BCUT2D eigenvalue weighted by molar-refractivity contribution is 5.80. The molecule has 1 aromatic carbocycles. The van der Waals surface area contributed by atoms with Crippen molar-refractivity contribution in [2.75, 3.05) is 11.1 Å². The number of nitrogen functional groups attached to an aromatic ring is 1. The topological polar surface area (TPSA) is 126 Å². The molecule has 140 valence electrons. The van der Waals surface area contributed by atoms with E-state index in [1.807, 2.05) is 25.1 Å². The molecule has 0 fully saturated rings. The molecule has 0 radical (unpaired) electrons. The van der Waals surface area contributed by atoms with Gasteiger partial charge in [0.15, 0.2) is 0 Å². The predicted octanol–water partition coefficient (Wildman–Crippen LogP) is 2.69. The number of carbonyl (C=O) groups is 1. The number of nitrogens with two attached hydrogens (primary N) is 1. The fourth-order valence-electron chi connectivity index (χ4n) is 3.01. The first-order valence-electron chi connectivity index (χ1n) is 8.62. The van der Waals surface area contributed by atoms with E-state index in [0.29, 0.717) is 22.8 Å². The van der Waals surface area contributed by atoms with Crippen LogP contribution in [0.2, 0.25) is 0 Å². The van der Waals surface area contributed by atoms with Crippen LogP contribution in [-0.2, 0) is 4.79 Å². The molecule has 0 bridgehead atoms. The second kappa shape index (κ2) is 6.99. The highest BCUT2D eigenvalue weighted by atomic mass is 16.3. The van der Waals surface area contributed by atoms with Crippen LogP contribution in [0.5, 0.6) is 5.75 Å². The van der Waals surface area contributed by atoms with Crippen LogP contribution in [0.3, 0.4) is 0 Å². The standard InChI is InChI=1S/C20H18N6O2/c1-11-2-3-14(7-17(11)28)25-19-18-12(4-5-22-16(18)10-27)6-15(26-19)13-8-23-20(21)24-9-13/h2-10,16,22,28H,1H3,(H,25,26)(H2,21,23,24). The van der Waals surface area contributed by atoms with Crippen molar-refractivity contribution in [1.82, 2.24) is 20.3 Å². The summed E-state index contributed by atoms with van der Waals surface area (Å²) in [5.41, 5.74) is 9.89. The minimum atomic E-state index is -0.536. The zero-order chi connectivity index (χ0) is 19.7. The molecule has 0 spiro atoms. The number of fused-ring (bicyclic) bond motifs is 1. The second-order valence-electron chi connectivity index (χ2n) is 6.43. The molecule has 0 saturated carbocycles. The highest BCUT2D eigenvalue weighted by Crippen LogP contribution is 2.34. The van der Waals surface area contributed by atoms with E-state index in [0.717, 1.165) is 23.0 Å². The first-order valence-corrected chi connectivity index (χ1v) is 8.62. The first-order chi connectivity index (χ1) is 13.5. The summed E-state index contributed by atoms with van der Waals surface area (Å²) in [5.74, 6) is 0.855. The maximum atomic E-state index is 11.6. The second-order valence-corrected chi connectivity index (χ2v) is 6.43. The van der Waals surface area contributed by atoms with Crippen molar-refractivity contribution in [3.8, 4) is 17.0 Å². The maximum absolute atomic E-state index is 11.6. The molecule has 4 rings (SSSR count). The largest absolute Gasteiger partial charge is 0.508 e. The van der Waals surface area contributed by atoms with Gasteiger partial charge in [0.1, 0.15) is 23.9 Å². The lowest BCUT2D eigenvalue weighted by molar-refractivity contribution is -0.109. The molecule has 0 amide bonds. The van der Waals surface area contributed by atoms with Crippen molar-refractivity contribution in [3.05, 3.63) is 59.5 Å². The normalized spacial score (nSPS) is 14.8. The fraction of sp³-hybridized carbons (Fsp3) is 0.100. The molecule has 1 unspecified atom stereocenters. The summed E-state index contributed by atoms with van der Waals surface area (Å²) >= 11 is 0. The van der Waals surface area contributed by atoms with Crippen LogP contribution in [0.15, 0.2) is 42.9 Å². The Morgan fingerprint density at radius 1 is 1.25 bits per heavy atom. The summed E-state index contributed by atoms with van der Waals surface area (Å²) in [6, 6.07) is 6.59. The molecule has 0 aliphatic carbocycles. The maximum Gasteiger partial charge on any atom is 0.219 e. The van der Waals surface area contributed by atoms with E-state index in [1.54, 1.807) is 30.7 Å². The number of aromatic nitrogens is 3. The molecule has 1 aliphatic heterocycles. The van der Waals surface area contributed by atoms with E-state index in [-0.39, 0.29) is 11.7 Å². The van der Waals surface area contributed by atoms with Gasteiger partial charge < -0.3 is 26.3 Å². The number of hydrogen-bond donors (Lipinski definition) is 4. The van der Waals surface area contributed by atoms with Crippen molar-refractivity contribution in [3.63, 3.8) is 0 Å². The Morgan fingerprint density at radius 2 is 2.04 bits per heavy atom. The van der Waals surface area contributed by atoms with Crippen molar-refractivity contribution in [2.24, 2.45) is 0 Å². The van der Waals surface area contributed by atoms with Crippen LogP contribution in [-0.4, -0.2) is 26.3 Å². The number of nitrogens with zero attached hydrogens (tertiary/aromatic N) is 3. The van der Waals surface area contributed by atoms with Gasteiger partial charge in [0.2, 0.25) is 5.95 Å². The number of rotatable bonds is 4. The van der Waals surface area contributed by atoms with Crippen LogP contribution >= 0.6 is 0 Å². The Balaban J connectivity index is 1.85. The fourth-order valence-corrected chi connectivity index (χ4v) is 3.01. The summed E-state index contributed by atoms with van der Waals surface area (Å²) in [4.78, 5) is 24.3. The number of anilines is 3. The van der Waals surface area contributed by atoms with Crippen LogP contribution in [0.25, 0.3) is 17.3 Å². The monoisotopic (exact) mass is 374 g/mol. The minimum Gasteiger partial charge on any atom is -0.508 e. The number of aromatic hydroxyl groups is 1. The molecule has 1 aliphatic rings. The Bertz CT molecular complexity index is 1080. The van der Waals surface area contributed by atoms with Crippen molar-refractivity contribution >= 4 is 29.8 Å². The van der Waals surface area contributed by atoms with Crippen molar-refractivity contribution < 1.29 is 9.90 Å². The molecule has 0 saturated heterocycles. The number of nitrogens with one attached hydrogen (secondary N) is 2. The van der Waals surface area contributed by atoms with Gasteiger partial charge in [-0.25, -0.2) is 15.0 Å². The van der Waals surface area contributed by atoms with Gasteiger partial charge in [-0.15, -0.1) is 0 Å². The lowest BCUT2D eigenvalue weighted by Gasteiger charge is -2.23. The molecular weight excluding hydrogens is 356 g/mol. The third-order valence-corrected chi connectivity index (χ3v) is 4.52. The van der Waals surface area contributed by atoms with Crippen molar-refractivity contribution in [2.45, 2.75) is 13.0 Å². The summed E-state index contributed by atoms with van der Waals surface area (Å²) in [6.07, 6.45) is 7.62. The quantitative estimate of drug-likeness (QED) is 0.514. The molecule has 2 aromatic heterocycles. The van der Waals surface area contributed by atoms with E-state index in [1.165, 1.54) is 0 Å². The lowest BCUT2D eigenvalue weighted by atomic mass is 9.97. The van der Waals surface area contributed by atoms with Gasteiger partial charge >= 0.3 is 0 Å². The van der Waals surface area contributed by atoms with Gasteiger partial charge in [0.05, 0.1) is 5.69 Å². The molecule has 5 N–H and O–H groups in total. The average molecular weight is 374 g/mol. The Labute approximate surface area is 161 Å². The third kappa shape index (κ3) is 3.23. The van der Waals surface area contributed by atoms with E-state index in [2.05, 4.69) is 25.6 Å². The van der Waals surface area contributed by atoms with Gasteiger partial charge in [-0.3, -0.25) is 0 Å². The summed E-state index contributed by atoms with van der Waals surface area (Å²) in [7, 11) is 0. The molecule has 8 nitrogen and oxygen atoms in total. The number of aryl methyl sites for hydroxylation is 1. The molecule has 3 aromatic rings. The molecule has 8 heteroatoms. The van der Waals surface area contributed by atoms with Crippen LogP contribution < -0.4 is 16.4 Å². The van der Waals surface area contributed by atoms with E-state index >= 15 is 0 Å². The zero-order valence-corrected chi connectivity index (χ0v) is 15.0. The number of aldehydes is 1. The number of carbonyl (C=O) groups excluding carboxylic acids is 1. The van der Waals surface area contributed by atoms with Crippen LogP contribution in [0, 0.1) is 6.92 Å². The van der Waals surface area contributed by atoms with Gasteiger partial charge in [-0.1, -0.05) is 6.07 Å². The number of hydrogen-bond acceptors (Lipinski definition) is 8. The van der Waals surface area contributed by atoms with E-state index < -0.39 is 6.04 Å². The van der Waals surface area contributed by atoms with Crippen LogP contribution in [0.4, 0.5) is 17.5 Å². The third-order valence-electron chi connectivity index (χ3n) is 4.52. The number of phenols is 1. The SMILES string of the molecule is Cc1ccc(Nc2nc(-c3cnc(N)nc3)cc3c2C(C=O)NC=C3)cc1O. The van der Waals surface area contributed by atoms with Gasteiger partial charge in [-0.2, -0.15) is 0 Å². The van der Waals surface area contributed by atoms with Gasteiger partial charge in [0, 0.05) is 35.3 Å². The zero-order valence-electron chi connectivity index (χ0n) is 15.0. The highest BCUT2D eigenvalue weighted by Gasteiger charge is 2.23. The minimum absolute atomic E-state index is 0.173. The van der Waals surface area contributed by atoms with Crippen LogP contribution in [0.1, 0.15) is 22.7 Å². The average Bonchev–Trinajstić information content (AvgIpc) is 2.70. The molecule has 28 heavy (non-hydrogen) atoms. The van der Waals surface area contributed by atoms with Gasteiger partial charge in [0.25, 0.3) is 0 Å². The number of pyridine rings is 1. The smallest absolute Gasteiger partial charge is 0.219 e. The van der Waals surface area contributed by atoms with E-state index in [9.17, 15) is 9.90 Å². The first kappa shape index (κ1) is 17.5. The summed E-state index contributed by atoms with van der Waals surface area (Å²) < 4.78 is 0. The molecule has 1 atom stereocenters. The van der Waals surface area contributed by atoms with Gasteiger partial charge in [-0.05, 0) is 42.5 Å². The lowest BCUT2D eigenvalue weighted by Crippen LogP contribution is -2.22. The predicted molar refractivity (Wildman–Crippen MR) is 107 cm³/mol. The summed E-state index contributed by atoms with van der Waals surface area (Å²) in [5, 5.41) is 16.2. The molecular formula is C20H18N6O2. The Hall–Kier alpha value is -3.94. The summed E-state index contributed by atoms with van der Waals surface area (Å²) in [6.45, 7) is 1.82. The van der Waals surface area contributed by atoms with E-state index in [4.69, 9.17) is 5.73 Å².